The molecule has 1 aromatic heterocycles. The number of halogens is 3. The highest BCUT2D eigenvalue weighted by atomic mass is 35.5. The molecule has 0 saturated heterocycles. The number of para-hydroxylation sites is 1. The lowest BCUT2D eigenvalue weighted by Crippen LogP contribution is -1.89. The van der Waals surface area contributed by atoms with Crippen LogP contribution in [0.1, 0.15) is 0 Å². The van der Waals surface area contributed by atoms with Gasteiger partial charge in [0, 0.05) is 5.02 Å². The fraction of sp³-hybridized carbons (Fsp3) is 0. The molecule has 3 aromatic rings. The third-order valence-corrected chi connectivity index (χ3v) is 3.25. The number of rotatable bonds is 0. The quantitative estimate of drug-likeness (QED) is 0.557. The average molecular weight is 284 g/mol. The van der Waals surface area contributed by atoms with E-state index in [2.05, 4.69) is 9.97 Å². The molecular weight excluding hydrogens is 279 g/mol. The normalized spacial score (nSPS) is 11.2. The first kappa shape index (κ1) is 11.0. The van der Waals surface area contributed by atoms with Crippen molar-refractivity contribution in [3.8, 4) is 0 Å². The molecule has 2 nitrogen and oxygen atoms in total. The Hall–Kier alpha value is -1.09. The minimum atomic E-state index is 0.488. The van der Waals surface area contributed by atoms with E-state index in [4.69, 9.17) is 34.8 Å². The highest BCUT2D eigenvalue weighted by molar-refractivity contribution is 6.38. The predicted molar refractivity (Wildman–Crippen MR) is 72.1 cm³/mol. The van der Waals surface area contributed by atoms with E-state index < -0.39 is 0 Å². The Balaban J connectivity index is 2.52. The van der Waals surface area contributed by atoms with Crippen LogP contribution in [0.5, 0.6) is 0 Å². The molecule has 0 amide bonds. The molecule has 0 saturated carbocycles. The second-order valence-electron chi connectivity index (χ2n) is 3.59. The zero-order valence-electron chi connectivity index (χ0n) is 8.42. The van der Waals surface area contributed by atoms with Gasteiger partial charge in [-0.2, -0.15) is 0 Å². The van der Waals surface area contributed by atoms with Gasteiger partial charge in [-0.1, -0.05) is 40.9 Å². The third kappa shape index (κ3) is 1.82. The van der Waals surface area contributed by atoms with E-state index in [0.717, 1.165) is 0 Å². The molecule has 0 bridgehead atoms. The molecule has 0 aliphatic carbocycles. The highest BCUT2D eigenvalue weighted by Gasteiger charge is 2.08. The summed E-state index contributed by atoms with van der Waals surface area (Å²) in [6.07, 6.45) is 0. The zero-order chi connectivity index (χ0) is 12.0. The van der Waals surface area contributed by atoms with Gasteiger partial charge in [0.15, 0.2) is 0 Å². The number of benzene rings is 2. The molecule has 0 unspecified atom stereocenters. The molecule has 0 N–H and O–H groups in total. The van der Waals surface area contributed by atoms with Crippen LogP contribution in [-0.4, -0.2) is 9.97 Å². The summed E-state index contributed by atoms with van der Waals surface area (Å²) in [6.45, 7) is 0. The van der Waals surface area contributed by atoms with Crippen LogP contribution >= 0.6 is 34.8 Å². The fourth-order valence-corrected chi connectivity index (χ4v) is 2.43. The molecule has 3 rings (SSSR count). The summed E-state index contributed by atoms with van der Waals surface area (Å²) in [4.78, 5) is 8.88. The van der Waals surface area contributed by atoms with Gasteiger partial charge in [0.25, 0.3) is 0 Å². The zero-order valence-corrected chi connectivity index (χ0v) is 10.7. The Kier molecular flexibility index (Phi) is 2.58. The van der Waals surface area contributed by atoms with Crippen molar-refractivity contribution < 1.29 is 0 Å². The molecule has 2 aromatic carbocycles. The smallest absolute Gasteiger partial charge is 0.108 e. The Morgan fingerprint density at radius 1 is 0.765 bits per heavy atom. The summed E-state index contributed by atoms with van der Waals surface area (Å²) >= 11 is 18.1. The lowest BCUT2D eigenvalue weighted by Gasteiger charge is -2.04. The van der Waals surface area contributed by atoms with Crippen LogP contribution in [0.3, 0.4) is 0 Å². The predicted octanol–water partition coefficient (Wildman–Crippen LogP) is 4.74. The van der Waals surface area contributed by atoms with Crippen molar-refractivity contribution in [1.82, 2.24) is 9.97 Å². The largest absolute Gasteiger partial charge is 0.243 e. The van der Waals surface area contributed by atoms with Crippen molar-refractivity contribution in [2.45, 2.75) is 0 Å². The van der Waals surface area contributed by atoms with E-state index in [1.165, 1.54) is 0 Å². The van der Waals surface area contributed by atoms with Gasteiger partial charge in [-0.05, 0) is 24.3 Å². The fourth-order valence-electron chi connectivity index (χ4n) is 1.69. The van der Waals surface area contributed by atoms with Gasteiger partial charge in [0.05, 0.1) is 21.1 Å². The van der Waals surface area contributed by atoms with Gasteiger partial charge in [0.2, 0.25) is 0 Å². The van der Waals surface area contributed by atoms with E-state index in [1.807, 2.05) is 12.1 Å². The SMILES string of the molecule is Clc1cc(Cl)c2nc3cccc(Cl)c3nc2c1. The van der Waals surface area contributed by atoms with Crippen LogP contribution in [0.15, 0.2) is 30.3 Å². The number of nitrogens with zero attached hydrogens (tertiary/aromatic N) is 2. The van der Waals surface area contributed by atoms with Gasteiger partial charge in [-0.25, -0.2) is 9.97 Å². The first-order valence-electron chi connectivity index (χ1n) is 4.86. The molecule has 0 aliphatic rings. The molecule has 0 aliphatic heterocycles. The van der Waals surface area contributed by atoms with E-state index in [9.17, 15) is 0 Å². The van der Waals surface area contributed by atoms with Gasteiger partial charge in [0.1, 0.15) is 11.0 Å². The summed E-state index contributed by atoms with van der Waals surface area (Å²) in [6, 6.07) is 8.82. The van der Waals surface area contributed by atoms with Gasteiger partial charge in [-0.15, -0.1) is 0 Å². The molecule has 5 heteroatoms. The van der Waals surface area contributed by atoms with Crippen molar-refractivity contribution in [2.75, 3.05) is 0 Å². The topological polar surface area (TPSA) is 25.8 Å². The van der Waals surface area contributed by atoms with E-state index in [0.29, 0.717) is 37.1 Å². The number of fused-ring (bicyclic) bond motifs is 2. The Morgan fingerprint density at radius 3 is 2.29 bits per heavy atom. The highest BCUT2D eigenvalue weighted by Crippen LogP contribution is 2.29. The van der Waals surface area contributed by atoms with Crippen LogP contribution in [0.4, 0.5) is 0 Å². The monoisotopic (exact) mass is 282 g/mol. The third-order valence-electron chi connectivity index (χ3n) is 2.44. The molecule has 0 atom stereocenters. The van der Waals surface area contributed by atoms with Crippen molar-refractivity contribution in [2.24, 2.45) is 0 Å². The number of aromatic nitrogens is 2. The first-order chi connectivity index (χ1) is 8.15. The molecule has 0 spiro atoms. The molecule has 0 fully saturated rings. The molecule has 0 radical (unpaired) electrons. The van der Waals surface area contributed by atoms with Crippen molar-refractivity contribution >= 4 is 56.9 Å². The molecule has 84 valence electrons. The molecular formula is C12H5Cl3N2. The van der Waals surface area contributed by atoms with E-state index >= 15 is 0 Å². The lowest BCUT2D eigenvalue weighted by molar-refractivity contribution is 1.39. The standard InChI is InChI=1S/C12H5Cl3N2/c13-6-4-8(15)12-10(5-6)17-11-7(14)2-1-3-9(11)16-12/h1-5H. The number of hydrogen-bond donors (Lipinski definition) is 0. The van der Waals surface area contributed by atoms with Crippen LogP contribution in [0.25, 0.3) is 22.1 Å². The van der Waals surface area contributed by atoms with Gasteiger partial charge in [-0.3, -0.25) is 0 Å². The summed E-state index contributed by atoms with van der Waals surface area (Å²) in [7, 11) is 0. The Bertz CT molecular complexity index is 740. The average Bonchev–Trinajstić information content (AvgIpc) is 2.28. The maximum absolute atomic E-state index is 6.08. The minimum Gasteiger partial charge on any atom is -0.243 e. The Labute approximate surface area is 112 Å². The lowest BCUT2D eigenvalue weighted by atomic mass is 10.2. The van der Waals surface area contributed by atoms with Crippen LogP contribution < -0.4 is 0 Å². The first-order valence-corrected chi connectivity index (χ1v) is 5.99. The summed E-state index contributed by atoms with van der Waals surface area (Å²) in [5, 5.41) is 1.58. The second-order valence-corrected chi connectivity index (χ2v) is 4.84. The molecule has 1 heterocycles. The van der Waals surface area contributed by atoms with Crippen LogP contribution in [0, 0.1) is 0 Å². The van der Waals surface area contributed by atoms with Crippen molar-refractivity contribution in [3.63, 3.8) is 0 Å². The number of hydrogen-bond acceptors (Lipinski definition) is 2. The molecule has 17 heavy (non-hydrogen) atoms. The summed E-state index contributed by atoms with van der Waals surface area (Å²) in [5.41, 5.74) is 2.64. The Morgan fingerprint density at radius 2 is 1.47 bits per heavy atom. The van der Waals surface area contributed by atoms with E-state index in [1.54, 1.807) is 18.2 Å². The summed E-state index contributed by atoms with van der Waals surface area (Å²) in [5.74, 6) is 0. The van der Waals surface area contributed by atoms with Crippen LogP contribution in [0.2, 0.25) is 15.1 Å². The van der Waals surface area contributed by atoms with Crippen molar-refractivity contribution in [1.29, 1.82) is 0 Å². The van der Waals surface area contributed by atoms with Gasteiger partial charge < -0.3 is 0 Å². The van der Waals surface area contributed by atoms with E-state index in [-0.39, 0.29) is 0 Å². The van der Waals surface area contributed by atoms with Crippen molar-refractivity contribution in [3.05, 3.63) is 45.4 Å². The van der Waals surface area contributed by atoms with Gasteiger partial charge >= 0.3 is 0 Å². The summed E-state index contributed by atoms with van der Waals surface area (Å²) < 4.78 is 0. The minimum absolute atomic E-state index is 0.488. The van der Waals surface area contributed by atoms with Crippen LogP contribution in [-0.2, 0) is 0 Å². The maximum Gasteiger partial charge on any atom is 0.108 e. The maximum atomic E-state index is 6.08. The second kappa shape index (κ2) is 3.98.